The minimum Gasteiger partial charge on any atom is -0.121 e. The van der Waals surface area contributed by atoms with Crippen molar-refractivity contribution in [3.8, 4) is 0 Å². The second-order valence-electron chi connectivity index (χ2n) is 4.61. The number of aryl methyl sites for hydroxylation is 1. The van der Waals surface area contributed by atoms with Gasteiger partial charge in [-0.1, -0.05) is 54.1 Å². The van der Waals surface area contributed by atoms with Gasteiger partial charge in [0.2, 0.25) is 0 Å². The molecular formula is C18H17Cl. The zero-order valence-corrected chi connectivity index (χ0v) is 11.8. The van der Waals surface area contributed by atoms with Crippen LogP contribution in [-0.2, 0) is 6.42 Å². The lowest BCUT2D eigenvalue weighted by Gasteiger charge is -1.99. The highest BCUT2D eigenvalue weighted by Crippen LogP contribution is 2.11. The molecular weight excluding hydrogens is 252 g/mol. The van der Waals surface area contributed by atoms with Gasteiger partial charge in [-0.3, -0.25) is 0 Å². The lowest BCUT2D eigenvalue weighted by Crippen LogP contribution is -1.84. The molecule has 0 N–H and O–H groups in total. The Morgan fingerprint density at radius 1 is 1.05 bits per heavy atom. The third-order valence-corrected chi connectivity index (χ3v) is 3.24. The lowest BCUT2D eigenvalue weighted by molar-refractivity contribution is 0.944. The predicted octanol–water partition coefficient (Wildman–Crippen LogP) is 5.53. The van der Waals surface area contributed by atoms with Gasteiger partial charge in [0.15, 0.2) is 0 Å². The minimum atomic E-state index is 0.766. The number of halogens is 1. The Balaban J connectivity index is 1.97. The maximum absolute atomic E-state index is 5.85. The van der Waals surface area contributed by atoms with E-state index in [1.54, 1.807) is 0 Å². The summed E-state index contributed by atoms with van der Waals surface area (Å²) in [5, 5.41) is 0.766. The second-order valence-corrected chi connectivity index (χ2v) is 5.04. The van der Waals surface area contributed by atoms with E-state index >= 15 is 0 Å². The molecule has 0 aliphatic rings. The maximum Gasteiger partial charge on any atom is 0.0406 e. The van der Waals surface area contributed by atoms with Crippen molar-refractivity contribution in [1.82, 2.24) is 0 Å². The Hall–Kier alpha value is -1.75. The minimum absolute atomic E-state index is 0.766. The summed E-state index contributed by atoms with van der Waals surface area (Å²) in [6.45, 7) is 2.12. The summed E-state index contributed by atoms with van der Waals surface area (Å²) in [7, 11) is 0. The van der Waals surface area contributed by atoms with Crippen molar-refractivity contribution in [2.45, 2.75) is 19.8 Å². The van der Waals surface area contributed by atoms with Gasteiger partial charge in [0.1, 0.15) is 0 Å². The van der Waals surface area contributed by atoms with Gasteiger partial charge in [0.05, 0.1) is 0 Å². The quantitative estimate of drug-likeness (QED) is 0.640. The maximum atomic E-state index is 5.85. The molecule has 0 atom stereocenters. The third-order valence-electron chi connectivity index (χ3n) is 2.99. The van der Waals surface area contributed by atoms with E-state index in [2.05, 4.69) is 36.9 Å². The highest BCUT2D eigenvalue weighted by atomic mass is 35.5. The summed E-state index contributed by atoms with van der Waals surface area (Å²) in [5.74, 6) is 0. The summed E-state index contributed by atoms with van der Waals surface area (Å²) in [5.41, 5.74) is 7.10. The van der Waals surface area contributed by atoms with E-state index in [9.17, 15) is 0 Å². The molecule has 96 valence electrons. The van der Waals surface area contributed by atoms with Crippen LogP contribution in [-0.4, -0.2) is 0 Å². The molecule has 0 aromatic heterocycles. The van der Waals surface area contributed by atoms with Crippen LogP contribution in [0.5, 0.6) is 0 Å². The SMILES string of the molecule is CC(=C=Cc1ccc(Cl)cc1)CCc1ccccc1. The smallest absolute Gasteiger partial charge is 0.0406 e. The molecule has 0 saturated heterocycles. The summed E-state index contributed by atoms with van der Waals surface area (Å²) in [6.07, 6.45) is 4.11. The van der Waals surface area contributed by atoms with Gasteiger partial charge in [-0.25, -0.2) is 0 Å². The summed E-state index contributed by atoms with van der Waals surface area (Å²) >= 11 is 5.85. The molecule has 19 heavy (non-hydrogen) atoms. The lowest BCUT2D eigenvalue weighted by atomic mass is 10.1. The van der Waals surface area contributed by atoms with Gasteiger partial charge in [-0.2, -0.15) is 0 Å². The molecule has 0 bridgehead atoms. The van der Waals surface area contributed by atoms with Crippen molar-refractivity contribution < 1.29 is 0 Å². The third kappa shape index (κ3) is 4.79. The molecule has 0 aliphatic carbocycles. The predicted molar refractivity (Wildman–Crippen MR) is 83.4 cm³/mol. The van der Waals surface area contributed by atoms with Gasteiger partial charge in [0, 0.05) is 5.02 Å². The first kappa shape index (κ1) is 13.7. The number of rotatable bonds is 4. The van der Waals surface area contributed by atoms with Gasteiger partial charge < -0.3 is 0 Å². The molecule has 0 amide bonds. The monoisotopic (exact) mass is 268 g/mol. The zero-order valence-electron chi connectivity index (χ0n) is 11.1. The highest BCUT2D eigenvalue weighted by Gasteiger charge is 1.93. The molecule has 0 spiro atoms. The molecule has 1 heteroatoms. The summed E-state index contributed by atoms with van der Waals surface area (Å²) in [6, 6.07) is 18.3. The molecule has 0 radical (unpaired) electrons. The molecule has 0 fully saturated rings. The van der Waals surface area contributed by atoms with Crippen molar-refractivity contribution in [3.63, 3.8) is 0 Å². The van der Waals surface area contributed by atoms with Crippen LogP contribution < -0.4 is 0 Å². The fourth-order valence-electron chi connectivity index (χ4n) is 1.81. The van der Waals surface area contributed by atoms with Gasteiger partial charge >= 0.3 is 0 Å². The van der Waals surface area contributed by atoms with E-state index in [0.717, 1.165) is 23.4 Å². The average Bonchev–Trinajstić information content (AvgIpc) is 2.45. The first-order chi connectivity index (χ1) is 9.24. The van der Waals surface area contributed by atoms with Gasteiger partial charge in [0.25, 0.3) is 0 Å². The van der Waals surface area contributed by atoms with Gasteiger partial charge in [-0.05, 0) is 54.7 Å². The zero-order chi connectivity index (χ0) is 13.5. The Bertz CT molecular complexity index is 573. The number of allylic oxidation sites excluding steroid dienone is 1. The van der Waals surface area contributed by atoms with Crippen molar-refractivity contribution in [2.24, 2.45) is 0 Å². The number of hydrogen-bond acceptors (Lipinski definition) is 0. The van der Waals surface area contributed by atoms with E-state index in [1.165, 1.54) is 11.1 Å². The highest BCUT2D eigenvalue weighted by molar-refractivity contribution is 6.30. The van der Waals surface area contributed by atoms with Crippen LogP contribution >= 0.6 is 11.6 Å². The second kappa shape index (κ2) is 6.99. The molecule has 0 unspecified atom stereocenters. The molecule has 0 saturated carbocycles. The summed E-state index contributed by atoms with van der Waals surface area (Å²) in [4.78, 5) is 0. The van der Waals surface area contributed by atoms with Crippen molar-refractivity contribution in [2.75, 3.05) is 0 Å². The topological polar surface area (TPSA) is 0 Å². The van der Waals surface area contributed by atoms with Crippen LogP contribution in [0.3, 0.4) is 0 Å². The number of benzene rings is 2. The van der Waals surface area contributed by atoms with Crippen molar-refractivity contribution >= 4 is 17.7 Å². The normalized spacial score (nSPS) is 9.79. The van der Waals surface area contributed by atoms with E-state index < -0.39 is 0 Å². The first-order valence-corrected chi connectivity index (χ1v) is 6.83. The molecule has 2 rings (SSSR count). The Morgan fingerprint density at radius 2 is 1.74 bits per heavy atom. The standard InChI is InChI=1S/C18H17Cl/c1-15(7-9-16-5-3-2-4-6-16)8-10-17-11-13-18(19)14-12-17/h2-6,10-14H,7,9H2,1H3. The van der Waals surface area contributed by atoms with E-state index in [1.807, 2.05) is 36.4 Å². The van der Waals surface area contributed by atoms with E-state index in [-0.39, 0.29) is 0 Å². The van der Waals surface area contributed by atoms with Crippen LogP contribution in [0.1, 0.15) is 24.5 Å². The van der Waals surface area contributed by atoms with Crippen LogP contribution in [0.2, 0.25) is 5.02 Å². The fourth-order valence-corrected chi connectivity index (χ4v) is 1.94. The molecule has 2 aromatic carbocycles. The van der Waals surface area contributed by atoms with Crippen LogP contribution in [0.4, 0.5) is 0 Å². The molecule has 0 heterocycles. The van der Waals surface area contributed by atoms with E-state index in [4.69, 9.17) is 11.6 Å². The Morgan fingerprint density at radius 3 is 2.42 bits per heavy atom. The molecule has 2 aromatic rings. The molecule has 0 nitrogen and oxygen atoms in total. The molecule has 0 aliphatic heterocycles. The Labute approximate surface area is 120 Å². The van der Waals surface area contributed by atoms with Crippen LogP contribution in [0.15, 0.2) is 65.9 Å². The van der Waals surface area contributed by atoms with Crippen LogP contribution in [0.25, 0.3) is 6.08 Å². The van der Waals surface area contributed by atoms with Crippen molar-refractivity contribution in [1.29, 1.82) is 0 Å². The fraction of sp³-hybridized carbons (Fsp3) is 0.167. The largest absolute Gasteiger partial charge is 0.121 e. The first-order valence-electron chi connectivity index (χ1n) is 6.46. The number of hydrogen-bond donors (Lipinski definition) is 0. The van der Waals surface area contributed by atoms with E-state index in [0.29, 0.717) is 0 Å². The van der Waals surface area contributed by atoms with Crippen molar-refractivity contribution in [3.05, 3.63) is 82.1 Å². The summed E-state index contributed by atoms with van der Waals surface area (Å²) < 4.78 is 0. The average molecular weight is 269 g/mol. The van der Waals surface area contributed by atoms with Gasteiger partial charge in [-0.15, -0.1) is 5.73 Å². The Kier molecular flexibility index (Phi) is 5.03. The van der Waals surface area contributed by atoms with Crippen LogP contribution in [0, 0.1) is 0 Å².